The molecule has 2 atom stereocenters. The van der Waals surface area contributed by atoms with E-state index < -0.39 is 35.3 Å². The SMILES string of the molecule is NC(=O)CC(O)C(O)c1cccnc1[N+](=O)[O-]. The molecule has 1 aromatic heterocycles. The second kappa shape index (κ2) is 5.32. The van der Waals surface area contributed by atoms with Crippen LogP contribution < -0.4 is 5.73 Å². The van der Waals surface area contributed by atoms with Crippen LogP contribution in [0, 0.1) is 10.1 Å². The van der Waals surface area contributed by atoms with Crippen LogP contribution in [0.15, 0.2) is 18.3 Å². The van der Waals surface area contributed by atoms with Crippen molar-refractivity contribution >= 4 is 11.7 Å². The van der Waals surface area contributed by atoms with E-state index in [0.29, 0.717) is 0 Å². The molecule has 0 saturated heterocycles. The molecule has 0 fully saturated rings. The smallest absolute Gasteiger partial charge is 0.369 e. The Bertz CT molecular complexity index is 436. The number of nitrogens with zero attached hydrogens (tertiary/aromatic N) is 2. The molecule has 17 heavy (non-hydrogen) atoms. The zero-order valence-electron chi connectivity index (χ0n) is 8.68. The van der Waals surface area contributed by atoms with E-state index in [2.05, 4.69) is 4.98 Å². The Kier molecular flexibility index (Phi) is 4.07. The van der Waals surface area contributed by atoms with Crippen molar-refractivity contribution in [2.45, 2.75) is 18.6 Å². The summed E-state index contributed by atoms with van der Waals surface area (Å²) in [6, 6.07) is 2.63. The van der Waals surface area contributed by atoms with Gasteiger partial charge in [0.15, 0.2) is 0 Å². The van der Waals surface area contributed by atoms with Crippen LogP contribution in [0.3, 0.4) is 0 Å². The van der Waals surface area contributed by atoms with Gasteiger partial charge in [-0.1, -0.05) is 0 Å². The fourth-order valence-corrected chi connectivity index (χ4v) is 1.32. The summed E-state index contributed by atoms with van der Waals surface area (Å²) in [4.78, 5) is 23.9. The summed E-state index contributed by atoms with van der Waals surface area (Å²) < 4.78 is 0. The van der Waals surface area contributed by atoms with Crippen LogP contribution in [0.5, 0.6) is 0 Å². The highest BCUT2D eigenvalue weighted by Gasteiger charge is 2.27. The predicted molar refractivity (Wildman–Crippen MR) is 55.7 cm³/mol. The number of amides is 1. The number of carbonyl (C=O) groups is 1. The Labute approximate surface area is 95.9 Å². The average Bonchev–Trinajstić information content (AvgIpc) is 2.27. The van der Waals surface area contributed by atoms with Crippen LogP contribution in [0.1, 0.15) is 18.1 Å². The van der Waals surface area contributed by atoms with Gasteiger partial charge in [-0.05, 0) is 22.0 Å². The lowest BCUT2D eigenvalue weighted by Crippen LogP contribution is -2.26. The van der Waals surface area contributed by atoms with Crippen LogP contribution in [0.25, 0.3) is 0 Å². The lowest BCUT2D eigenvalue weighted by molar-refractivity contribution is -0.391. The van der Waals surface area contributed by atoms with Gasteiger partial charge in [-0.15, -0.1) is 0 Å². The van der Waals surface area contributed by atoms with Gasteiger partial charge in [0, 0.05) is 0 Å². The second-order valence-electron chi connectivity index (χ2n) is 3.36. The van der Waals surface area contributed by atoms with Gasteiger partial charge >= 0.3 is 5.82 Å². The quantitative estimate of drug-likeness (QED) is 0.458. The maximum Gasteiger partial charge on any atom is 0.369 e. The Hall–Kier alpha value is -2.06. The third-order valence-corrected chi connectivity index (χ3v) is 2.08. The van der Waals surface area contributed by atoms with Crippen molar-refractivity contribution < 1.29 is 19.9 Å². The lowest BCUT2D eigenvalue weighted by Gasteiger charge is -2.15. The third-order valence-electron chi connectivity index (χ3n) is 2.08. The molecule has 0 aromatic carbocycles. The number of aromatic nitrogens is 1. The molecule has 1 aromatic rings. The summed E-state index contributed by atoms with van der Waals surface area (Å²) in [5, 5.41) is 29.7. The molecule has 1 amide bonds. The van der Waals surface area contributed by atoms with Crippen molar-refractivity contribution in [1.29, 1.82) is 0 Å². The minimum Gasteiger partial charge on any atom is -0.390 e. The van der Waals surface area contributed by atoms with Gasteiger partial charge < -0.3 is 26.1 Å². The number of carbonyl (C=O) groups excluding carboxylic acids is 1. The lowest BCUT2D eigenvalue weighted by atomic mass is 10.0. The average molecular weight is 241 g/mol. The molecule has 4 N–H and O–H groups in total. The molecule has 0 saturated carbocycles. The first-order chi connectivity index (χ1) is 7.93. The summed E-state index contributed by atoms with van der Waals surface area (Å²) in [6.45, 7) is 0. The van der Waals surface area contributed by atoms with Crippen molar-refractivity contribution in [3.05, 3.63) is 34.0 Å². The first-order valence-corrected chi connectivity index (χ1v) is 4.67. The highest BCUT2D eigenvalue weighted by molar-refractivity contribution is 5.74. The van der Waals surface area contributed by atoms with E-state index in [4.69, 9.17) is 5.73 Å². The van der Waals surface area contributed by atoms with E-state index in [1.165, 1.54) is 18.3 Å². The second-order valence-corrected chi connectivity index (χ2v) is 3.36. The van der Waals surface area contributed by atoms with E-state index in [1.807, 2.05) is 0 Å². The number of primary amides is 1. The fourth-order valence-electron chi connectivity index (χ4n) is 1.32. The topological polar surface area (TPSA) is 140 Å². The van der Waals surface area contributed by atoms with Gasteiger partial charge in [-0.25, -0.2) is 0 Å². The molecular formula is C9H11N3O5. The van der Waals surface area contributed by atoms with E-state index >= 15 is 0 Å². The zero-order chi connectivity index (χ0) is 13.0. The predicted octanol–water partition coefficient (Wildman–Crippen LogP) is -0.741. The minimum atomic E-state index is -1.59. The van der Waals surface area contributed by atoms with Crippen molar-refractivity contribution in [3.63, 3.8) is 0 Å². The van der Waals surface area contributed by atoms with E-state index in [0.717, 1.165) is 0 Å². The zero-order valence-corrected chi connectivity index (χ0v) is 8.68. The van der Waals surface area contributed by atoms with Crippen molar-refractivity contribution in [2.75, 3.05) is 0 Å². The van der Waals surface area contributed by atoms with E-state index in [1.54, 1.807) is 0 Å². The number of rotatable bonds is 5. The normalized spacial score (nSPS) is 14.0. The fraction of sp³-hybridized carbons (Fsp3) is 0.333. The molecule has 1 rings (SSSR count). The number of nitro groups is 1. The van der Waals surface area contributed by atoms with Crippen LogP contribution in [0.2, 0.25) is 0 Å². The first kappa shape index (κ1) is 13.0. The molecule has 92 valence electrons. The van der Waals surface area contributed by atoms with Crippen molar-refractivity contribution in [2.24, 2.45) is 5.73 Å². The molecule has 0 spiro atoms. The molecule has 0 aliphatic heterocycles. The number of pyridine rings is 1. The maximum absolute atomic E-state index is 10.6. The molecule has 2 unspecified atom stereocenters. The minimum absolute atomic E-state index is 0.161. The summed E-state index contributed by atoms with van der Waals surface area (Å²) in [5.74, 6) is -1.38. The molecule has 0 aliphatic carbocycles. The third kappa shape index (κ3) is 3.20. The Morgan fingerprint density at radius 1 is 1.59 bits per heavy atom. The highest BCUT2D eigenvalue weighted by Crippen LogP contribution is 2.25. The molecule has 8 nitrogen and oxygen atoms in total. The first-order valence-electron chi connectivity index (χ1n) is 4.67. The number of hydrogen-bond donors (Lipinski definition) is 3. The largest absolute Gasteiger partial charge is 0.390 e. The van der Waals surface area contributed by atoms with Gasteiger partial charge in [-0.3, -0.25) is 4.79 Å². The standard InChI is InChI=1S/C9H11N3O5/c10-7(14)4-6(13)8(15)5-2-1-3-11-9(5)12(16)17/h1-3,6,8,13,15H,4H2,(H2,10,14). The van der Waals surface area contributed by atoms with Gasteiger partial charge in [0.05, 0.1) is 18.1 Å². The van der Waals surface area contributed by atoms with Gasteiger partial charge in [0.1, 0.15) is 12.3 Å². The van der Waals surface area contributed by atoms with Gasteiger partial charge in [0.25, 0.3) is 0 Å². The number of aliphatic hydroxyl groups is 2. The molecule has 8 heteroatoms. The summed E-state index contributed by atoms with van der Waals surface area (Å²) in [7, 11) is 0. The Morgan fingerprint density at radius 3 is 2.76 bits per heavy atom. The molecule has 0 bridgehead atoms. The molecule has 0 aliphatic rings. The summed E-state index contributed by atoms with van der Waals surface area (Å²) in [5.41, 5.74) is 4.69. The summed E-state index contributed by atoms with van der Waals surface area (Å²) in [6.07, 6.45) is -2.39. The number of hydrogen-bond acceptors (Lipinski definition) is 6. The van der Waals surface area contributed by atoms with Crippen molar-refractivity contribution in [1.82, 2.24) is 4.98 Å². The highest BCUT2D eigenvalue weighted by atomic mass is 16.6. The van der Waals surface area contributed by atoms with Gasteiger partial charge in [-0.2, -0.15) is 0 Å². The molecular weight excluding hydrogens is 230 g/mol. The number of nitrogens with two attached hydrogens (primary N) is 1. The maximum atomic E-state index is 10.6. The van der Waals surface area contributed by atoms with Gasteiger partial charge in [0.2, 0.25) is 5.91 Å². The molecule has 1 heterocycles. The van der Waals surface area contributed by atoms with Crippen molar-refractivity contribution in [3.8, 4) is 0 Å². The molecule has 0 radical (unpaired) electrons. The van der Waals surface area contributed by atoms with E-state index in [9.17, 15) is 25.1 Å². The van der Waals surface area contributed by atoms with Crippen LogP contribution in [-0.4, -0.2) is 32.1 Å². The monoisotopic (exact) mass is 241 g/mol. The summed E-state index contributed by atoms with van der Waals surface area (Å²) >= 11 is 0. The number of aliphatic hydroxyl groups excluding tert-OH is 2. The van der Waals surface area contributed by atoms with E-state index in [-0.39, 0.29) is 5.56 Å². The van der Waals surface area contributed by atoms with Crippen LogP contribution in [-0.2, 0) is 4.79 Å². The van der Waals surface area contributed by atoms with Crippen LogP contribution >= 0.6 is 0 Å². The Morgan fingerprint density at radius 2 is 2.24 bits per heavy atom. The van der Waals surface area contributed by atoms with Crippen LogP contribution in [0.4, 0.5) is 5.82 Å². The Balaban J connectivity index is 2.99.